The molecule has 0 spiro atoms. The summed E-state index contributed by atoms with van der Waals surface area (Å²) in [7, 11) is 2.06. The topological polar surface area (TPSA) is 12.0 Å². The smallest absolute Gasteiger partial charge is 0.0105 e. The molecule has 0 fully saturated rings. The van der Waals surface area contributed by atoms with Crippen LogP contribution in [-0.2, 0) is 6.42 Å². The molecule has 2 atom stereocenters. The molecule has 1 nitrogen and oxygen atoms in total. The third kappa shape index (κ3) is 1.65. The van der Waals surface area contributed by atoms with Gasteiger partial charge in [0.05, 0.1) is 0 Å². The highest BCUT2D eigenvalue weighted by molar-refractivity contribution is 7.10. The molecule has 0 saturated carbocycles. The Bertz CT molecular complexity index is 279. The van der Waals surface area contributed by atoms with Crippen LogP contribution in [0.15, 0.2) is 11.4 Å². The molecule has 1 aliphatic rings. The van der Waals surface area contributed by atoms with E-state index in [0.29, 0.717) is 6.04 Å². The minimum Gasteiger partial charge on any atom is -0.317 e. The molecule has 1 N–H and O–H groups in total. The normalized spacial score (nSPS) is 24.0. The largest absolute Gasteiger partial charge is 0.317 e. The Balaban J connectivity index is 2.24. The van der Waals surface area contributed by atoms with Gasteiger partial charge in [-0.2, -0.15) is 0 Å². The van der Waals surface area contributed by atoms with Gasteiger partial charge in [0.15, 0.2) is 0 Å². The van der Waals surface area contributed by atoms with E-state index < -0.39 is 0 Å². The first-order valence-electron chi connectivity index (χ1n) is 5.06. The first-order valence-corrected chi connectivity index (χ1v) is 5.94. The van der Waals surface area contributed by atoms with Crippen LogP contribution in [0.5, 0.6) is 0 Å². The Morgan fingerprint density at radius 2 is 2.46 bits per heavy atom. The summed E-state index contributed by atoms with van der Waals surface area (Å²) >= 11 is 1.93. The summed E-state index contributed by atoms with van der Waals surface area (Å²) in [4.78, 5) is 1.62. The van der Waals surface area contributed by atoms with Crippen LogP contribution in [0, 0.1) is 0 Å². The van der Waals surface area contributed by atoms with Crippen LogP contribution >= 0.6 is 11.3 Å². The number of hydrogen-bond donors (Lipinski definition) is 1. The van der Waals surface area contributed by atoms with Gasteiger partial charge >= 0.3 is 0 Å². The monoisotopic (exact) mass is 195 g/mol. The molecule has 2 rings (SSSR count). The predicted molar refractivity (Wildman–Crippen MR) is 58.5 cm³/mol. The van der Waals surface area contributed by atoms with E-state index in [0.717, 1.165) is 5.92 Å². The van der Waals surface area contributed by atoms with Crippen molar-refractivity contribution in [1.82, 2.24) is 5.32 Å². The van der Waals surface area contributed by atoms with Gasteiger partial charge < -0.3 is 5.32 Å². The molecule has 13 heavy (non-hydrogen) atoms. The van der Waals surface area contributed by atoms with Crippen molar-refractivity contribution < 1.29 is 0 Å². The maximum atomic E-state index is 3.37. The lowest BCUT2D eigenvalue weighted by Gasteiger charge is -2.27. The van der Waals surface area contributed by atoms with E-state index in [1.165, 1.54) is 19.3 Å². The first kappa shape index (κ1) is 9.22. The van der Waals surface area contributed by atoms with E-state index in [-0.39, 0.29) is 0 Å². The van der Waals surface area contributed by atoms with Gasteiger partial charge in [0.2, 0.25) is 0 Å². The highest BCUT2D eigenvalue weighted by Gasteiger charge is 2.24. The van der Waals surface area contributed by atoms with Crippen molar-refractivity contribution >= 4 is 11.3 Å². The molecule has 1 aromatic heterocycles. The third-order valence-electron chi connectivity index (χ3n) is 3.16. The van der Waals surface area contributed by atoms with E-state index in [4.69, 9.17) is 0 Å². The molecule has 2 heteroatoms. The molecule has 0 aliphatic heterocycles. The van der Waals surface area contributed by atoms with Crippen molar-refractivity contribution in [3.8, 4) is 0 Å². The Kier molecular flexibility index (Phi) is 2.70. The van der Waals surface area contributed by atoms with Gasteiger partial charge in [-0.3, -0.25) is 0 Å². The Hall–Kier alpha value is -0.340. The van der Waals surface area contributed by atoms with E-state index in [1.807, 2.05) is 11.3 Å². The first-order chi connectivity index (χ1) is 6.33. The van der Waals surface area contributed by atoms with E-state index in [1.54, 1.807) is 10.4 Å². The highest BCUT2D eigenvalue weighted by Crippen LogP contribution is 2.36. The van der Waals surface area contributed by atoms with Crippen molar-refractivity contribution in [2.45, 2.75) is 38.1 Å². The predicted octanol–water partition coefficient (Wildman–Crippen LogP) is 2.78. The number of hydrogen-bond acceptors (Lipinski definition) is 2. The fourth-order valence-corrected chi connectivity index (χ4v) is 3.24. The van der Waals surface area contributed by atoms with Crippen LogP contribution < -0.4 is 5.32 Å². The van der Waals surface area contributed by atoms with Crippen LogP contribution in [0.1, 0.15) is 36.1 Å². The Morgan fingerprint density at radius 3 is 3.23 bits per heavy atom. The fraction of sp³-hybridized carbons (Fsp3) is 0.636. The summed E-state index contributed by atoms with van der Waals surface area (Å²) in [5.74, 6) is 0.750. The van der Waals surface area contributed by atoms with Crippen LogP contribution in [0.25, 0.3) is 0 Å². The number of thiophene rings is 1. The summed E-state index contributed by atoms with van der Waals surface area (Å²) in [5, 5.41) is 5.61. The molecule has 1 aliphatic carbocycles. The average Bonchev–Trinajstić information content (AvgIpc) is 2.63. The zero-order chi connectivity index (χ0) is 9.26. The third-order valence-corrected chi connectivity index (χ3v) is 4.15. The average molecular weight is 195 g/mol. The van der Waals surface area contributed by atoms with Crippen molar-refractivity contribution in [2.75, 3.05) is 7.05 Å². The van der Waals surface area contributed by atoms with E-state index in [9.17, 15) is 0 Å². The summed E-state index contributed by atoms with van der Waals surface area (Å²) < 4.78 is 0. The fourth-order valence-electron chi connectivity index (χ4n) is 2.24. The van der Waals surface area contributed by atoms with Gasteiger partial charge in [-0.05, 0) is 50.2 Å². The SMILES string of the molecule is CN[C@@H](C)[C@H]1CCCc2sccc21. The number of rotatable bonds is 2. The van der Waals surface area contributed by atoms with Crippen LogP contribution in [-0.4, -0.2) is 13.1 Å². The molecule has 1 aromatic rings. The summed E-state index contributed by atoms with van der Waals surface area (Å²) in [6.07, 6.45) is 4.02. The summed E-state index contributed by atoms with van der Waals surface area (Å²) in [6, 6.07) is 2.94. The maximum absolute atomic E-state index is 3.37. The second-order valence-electron chi connectivity index (χ2n) is 3.88. The van der Waals surface area contributed by atoms with Gasteiger partial charge in [0.25, 0.3) is 0 Å². The van der Waals surface area contributed by atoms with Gasteiger partial charge in [-0.1, -0.05) is 0 Å². The van der Waals surface area contributed by atoms with Gasteiger partial charge in [-0.25, -0.2) is 0 Å². The maximum Gasteiger partial charge on any atom is 0.0105 e. The van der Waals surface area contributed by atoms with Gasteiger partial charge in [0, 0.05) is 16.8 Å². The van der Waals surface area contributed by atoms with Gasteiger partial charge in [0.1, 0.15) is 0 Å². The molecule has 0 bridgehead atoms. The molecule has 0 aromatic carbocycles. The molecule has 0 saturated heterocycles. The number of likely N-dealkylation sites (N-methyl/N-ethyl adjacent to an activating group) is 1. The quantitative estimate of drug-likeness (QED) is 0.765. The molecule has 72 valence electrons. The number of aryl methyl sites for hydroxylation is 1. The highest BCUT2D eigenvalue weighted by atomic mass is 32.1. The van der Waals surface area contributed by atoms with Crippen molar-refractivity contribution in [3.63, 3.8) is 0 Å². The van der Waals surface area contributed by atoms with E-state index in [2.05, 4.69) is 30.7 Å². The summed E-state index contributed by atoms with van der Waals surface area (Å²) in [6.45, 7) is 2.29. The second kappa shape index (κ2) is 3.81. The Morgan fingerprint density at radius 1 is 1.62 bits per heavy atom. The number of nitrogens with one attached hydrogen (secondary N) is 1. The lowest BCUT2D eigenvalue weighted by atomic mass is 9.83. The molecular formula is C11H17NS. The molecule has 0 radical (unpaired) electrons. The van der Waals surface area contributed by atoms with Crippen LogP contribution in [0.3, 0.4) is 0 Å². The zero-order valence-corrected chi connectivity index (χ0v) is 9.16. The summed E-state index contributed by atoms with van der Waals surface area (Å²) in [5.41, 5.74) is 1.61. The second-order valence-corrected chi connectivity index (χ2v) is 4.88. The minimum atomic E-state index is 0.619. The molecule has 1 heterocycles. The van der Waals surface area contributed by atoms with Gasteiger partial charge in [-0.15, -0.1) is 11.3 Å². The molecular weight excluding hydrogens is 178 g/mol. The standard InChI is InChI=1S/C11H17NS/c1-8(12-2)9-4-3-5-11-10(9)6-7-13-11/h6-9,12H,3-5H2,1-2H3/t8-,9+/m0/s1. The number of fused-ring (bicyclic) bond motifs is 1. The van der Waals surface area contributed by atoms with Crippen molar-refractivity contribution in [2.24, 2.45) is 0 Å². The van der Waals surface area contributed by atoms with E-state index >= 15 is 0 Å². The molecule has 0 unspecified atom stereocenters. The van der Waals surface area contributed by atoms with Crippen molar-refractivity contribution in [3.05, 3.63) is 21.9 Å². The van der Waals surface area contributed by atoms with Crippen molar-refractivity contribution in [1.29, 1.82) is 0 Å². The molecule has 0 amide bonds. The van der Waals surface area contributed by atoms with Crippen LogP contribution in [0.2, 0.25) is 0 Å². The zero-order valence-electron chi connectivity index (χ0n) is 8.34. The minimum absolute atomic E-state index is 0.619. The Labute approximate surface area is 84.2 Å². The van der Waals surface area contributed by atoms with Crippen LogP contribution in [0.4, 0.5) is 0 Å². The lowest BCUT2D eigenvalue weighted by Crippen LogP contribution is -2.30. The lowest BCUT2D eigenvalue weighted by molar-refractivity contribution is 0.441.